The normalized spacial score (nSPS) is 16.7. The van der Waals surface area contributed by atoms with E-state index in [1.54, 1.807) is 23.3 Å². The van der Waals surface area contributed by atoms with E-state index in [1.165, 1.54) is 11.3 Å². The van der Waals surface area contributed by atoms with Gasteiger partial charge >= 0.3 is 0 Å². The first-order chi connectivity index (χ1) is 12.8. The smallest absolute Gasteiger partial charge is 0.230 e. The summed E-state index contributed by atoms with van der Waals surface area (Å²) >= 11 is 1.53. The Morgan fingerprint density at radius 2 is 2.31 bits per heavy atom. The number of amides is 1. The predicted octanol–water partition coefficient (Wildman–Crippen LogP) is 1.21. The molecule has 1 aliphatic rings. The van der Waals surface area contributed by atoms with Crippen molar-refractivity contribution in [1.29, 1.82) is 0 Å². The summed E-state index contributed by atoms with van der Waals surface area (Å²) in [5.74, 6) is 0.365. The first-order valence-electron chi connectivity index (χ1n) is 8.56. The molecule has 3 aromatic rings. The molecule has 0 saturated heterocycles. The first kappa shape index (κ1) is 16.7. The number of thiazole rings is 1. The van der Waals surface area contributed by atoms with Gasteiger partial charge in [-0.3, -0.25) is 14.8 Å². The number of carbonyl (C=O) groups is 1. The topological polar surface area (TPSA) is 111 Å². The highest BCUT2D eigenvalue weighted by molar-refractivity contribution is 7.13. The van der Waals surface area contributed by atoms with Crippen LogP contribution in [0.4, 0.5) is 0 Å². The Morgan fingerprint density at radius 3 is 3.19 bits per heavy atom. The van der Waals surface area contributed by atoms with Crippen LogP contribution in [0.25, 0.3) is 10.7 Å². The van der Waals surface area contributed by atoms with E-state index < -0.39 is 0 Å². The summed E-state index contributed by atoms with van der Waals surface area (Å²) in [6, 6.07) is 0. The fourth-order valence-electron chi connectivity index (χ4n) is 2.99. The van der Waals surface area contributed by atoms with Crippen molar-refractivity contribution in [3.05, 3.63) is 35.5 Å². The molecule has 10 heteroatoms. The number of tetrazole rings is 1. The van der Waals surface area contributed by atoms with Crippen LogP contribution < -0.4 is 5.32 Å². The van der Waals surface area contributed by atoms with Crippen LogP contribution in [0.5, 0.6) is 0 Å². The van der Waals surface area contributed by atoms with Crippen molar-refractivity contribution < 1.29 is 4.79 Å². The second-order valence-electron chi connectivity index (χ2n) is 6.08. The quantitative estimate of drug-likeness (QED) is 0.718. The molecule has 1 atom stereocenters. The fraction of sp³-hybridized carbons (Fsp3) is 0.438. The SMILES string of the molecule is O=C(NCCc1csc(-c2cnccn2)n1)[C@@H]1CCCCn2nnnc21. The number of aromatic nitrogens is 7. The highest BCUT2D eigenvalue weighted by Crippen LogP contribution is 2.24. The first-order valence-corrected chi connectivity index (χ1v) is 9.44. The average Bonchev–Trinajstić information content (AvgIpc) is 3.28. The molecule has 0 spiro atoms. The van der Waals surface area contributed by atoms with Crippen molar-refractivity contribution in [2.24, 2.45) is 0 Å². The van der Waals surface area contributed by atoms with E-state index in [4.69, 9.17) is 0 Å². The standard InChI is InChI=1S/C16H18N8OS/c25-15(12-3-1-2-8-24-14(12)21-22-23-24)19-5-4-11-10-26-16(20-11)13-9-17-6-7-18-13/h6-7,9-10,12H,1-5,8H2,(H,19,25)/t12-/m1/s1. The molecule has 4 heterocycles. The molecule has 0 saturated carbocycles. The zero-order chi connectivity index (χ0) is 17.8. The molecular formula is C16H18N8OS. The van der Waals surface area contributed by atoms with Gasteiger partial charge in [0.25, 0.3) is 0 Å². The van der Waals surface area contributed by atoms with E-state index >= 15 is 0 Å². The Hall–Kier alpha value is -2.75. The zero-order valence-electron chi connectivity index (χ0n) is 14.1. The van der Waals surface area contributed by atoms with Gasteiger partial charge in [-0.15, -0.1) is 16.4 Å². The minimum absolute atomic E-state index is 0.0210. The van der Waals surface area contributed by atoms with Gasteiger partial charge in [0.1, 0.15) is 10.7 Å². The summed E-state index contributed by atoms with van der Waals surface area (Å²) < 4.78 is 1.74. The Morgan fingerprint density at radius 1 is 1.35 bits per heavy atom. The number of hydrogen-bond donors (Lipinski definition) is 1. The van der Waals surface area contributed by atoms with Crippen LogP contribution in [-0.2, 0) is 17.8 Å². The van der Waals surface area contributed by atoms with Gasteiger partial charge in [0.2, 0.25) is 5.91 Å². The minimum Gasteiger partial charge on any atom is -0.355 e. The lowest BCUT2D eigenvalue weighted by molar-refractivity contribution is -0.122. The third kappa shape index (κ3) is 3.59. The fourth-order valence-corrected chi connectivity index (χ4v) is 3.81. The molecule has 0 aliphatic carbocycles. The van der Waals surface area contributed by atoms with Gasteiger partial charge in [0, 0.05) is 37.3 Å². The van der Waals surface area contributed by atoms with Crippen LogP contribution in [-0.4, -0.2) is 47.6 Å². The maximum Gasteiger partial charge on any atom is 0.230 e. The number of fused-ring (bicyclic) bond motifs is 1. The molecule has 4 rings (SSSR count). The molecule has 0 aromatic carbocycles. The van der Waals surface area contributed by atoms with E-state index in [-0.39, 0.29) is 11.8 Å². The highest BCUT2D eigenvalue weighted by atomic mass is 32.1. The summed E-state index contributed by atoms with van der Waals surface area (Å²) in [6.45, 7) is 1.30. The second-order valence-corrected chi connectivity index (χ2v) is 6.94. The van der Waals surface area contributed by atoms with E-state index in [9.17, 15) is 4.79 Å². The van der Waals surface area contributed by atoms with Crippen LogP contribution in [0.3, 0.4) is 0 Å². The van der Waals surface area contributed by atoms with Gasteiger partial charge in [-0.05, 0) is 23.3 Å². The van der Waals surface area contributed by atoms with Crippen molar-refractivity contribution >= 4 is 17.2 Å². The molecule has 26 heavy (non-hydrogen) atoms. The van der Waals surface area contributed by atoms with Gasteiger partial charge in [0.15, 0.2) is 5.82 Å². The van der Waals surface area contributed by atoms with Crippen LogP contribution in [0.2, 0.25) is 0 Å². The average molecular weight is 370 g/mol. The summed E-state index contributed by atoms with van der Waals surface area (Å²) in [7, 11) is 0. The van der Waals surface area contributed by atoms with Crippen molar-refractivity contribution in [3.8, 4) is 10.7 Å². The number of aryl methyl sites for hydroxylation is 1. The Kier molecular flexibility index (Phi) is 4.91. The zero-order valence-corrected chi connectivity index (χ0v) is 14.9. The van der Waals surface area contributed by atoms with E-state index in [2.05, 4.69) is 35.8 Å². The monoisotopic (exact) mass is 370 g/mol. The maximum absolute atomic E-state index is 12.6. The Balaban J connectivity index is 1.34. The number of nitrogens with zero attached hydrogens (tertiary/aromatic N) is 7. The van der Waals surface area contributed by atoms with Gasteiger partial charge in [-0.1, -0.05) is 6.42 Å². The van der Waals surface area contributed by atoms with E-state index in [0.717, 1.165) is 42.2 Å². The number of rotatable bonds is 5. The molecule has 1 aliphatic heterocycles. The molecule has 0 fully saturated rings. The highest BCUT2D eigenvalue weighted by Gasteiger charge is 2.28. The van der Waals surface area contributed by atoms with Gasteiger partial charge < -0.3 is 5.32 Å². The molecule has 134 valence electrons. The number of nitrogens with one attached hydrogen (secondary N) is 1. The van der Waals surface area contributed by atoms with Crippen LogP contribution >= 0.6 is 11.3 Å². The molecule has 0 bridgehead atoms. The summed E-state index contributed by atoms with van der Waals surface area (Å²) in [5.41, 5.74) is 1.69. The van der Waals surface area contributed by atoms with E-state index in [1.807, 2.05) is 5.38 Å². The lowest BCUT2D eigenvalue weighted by Crippen LogP contribution is -2.32. The summed E-state index contributed by atoms with van der Waals surface area (Å²) in [6.07, 6.45) is 8.40. The van der Waals surface area contributed by atoms with E-state index in [0.29, 0.717) is 18.8 Å². The van der Waals surface area contributed by atoms with Crippen LogP contribution in [0, 0.1) is 0 Å². The van der Waals surface area contributed by atoms with Gasteiger partial charge in [-0.2, -0.15) is 0 Å². The minimum atomic E-state index is -0.280. The van der Waals surface area contributed by atoms with Crippen molar-refractivity contribution in [3.63, 3.8) is 0 Å². The summed E-state index contributed by atoms with van der Waals surface area (Å²) in [4.78, 5) is 25.4. The van der Waals surface area contributed by atoms with Gasteiger partial charge in [0.05, 0.1) is 17.8 Å². The number of hydrogen-bond acceptors (Lipinski definition) is 8. The molecule has 0 unspecified atom stereocenters. The molecule has 1 N–H and O–H groups in total. The van der Waals surface area contributed by atoms with Crippen molar-refractivity contribution in [1.82, 2.24) is 40.5 Å². The maximum atomic E-state index is 12.6. The number of carbonyl (C=O) groups excluding carboxylic acids is 1. The molecule has 0 radical (unpaired) electrons. The van der Waals surface area contributed by atoms with Crippen molar-refractivity contribution in [2.45, 2.75) is 38.1 Å². The summed E-state index contributed by atoms with van der Waals surface area (Å²) in [5, 5.41) is 17.5. The van der Waals surface area contributed by atoms with Crippen LogP contribution in [0.1, 0.15) is 36.7 Å². The largest absolute Gasteiger partial charge is 0.355 e. The molecule has 3 aromatic heterocycles. The van der Waals surface area contributed by atoms with Crippen LogP contribution in [0.15, 0.2) is 24.0 Å². The predicted molar refractivity (Wildman–Crippen MR) is 94.3 cm³/mol. The molecular weight excluding hydrogens is 352 g/mol. The van der Waals surface area contributed by atoms with Gasteiger partial charge in [-0.25, -0.2) is 9.67 Å². The lowest BCUT2D eigenvalue weighted by Gasteiger charge is -2.12. The third-order valence-corrected chi connectivity index (χ3v) is 5.23. The lowest BCUT2D eigenvalue weighted by atomic mass is 10.0. The second kappa shape index (κ2) is 7.65. The molecule has 9 nitrogen and oxygen atoms in total. The Labute approximate surface area is 153 Å². The third-order valence-electron chi connectivity index (χ3n) is 4.31. The Bertz CT molecular complexity index is 877. The molecule has 1 amide bonds. The van der Waals surface area contributed by atoms with Crippen molar-refractivity contribution in [2.75, 3.05) is 6.54 Å².